The molecule has 0 spiro atoms. The standard InChI is InChI=1S/C21H26N2O3S/c1-3-19-6-4-5-15-23(19)27(25,26)20-13-9-17(10-14-20)21(24)22-18-11-7-16(2)8-12-18/h7-14,19H,3-6,15H2,1-2H3,(H,22,24). The van der Waals surface area contributed by atoms with Crippen LogP contribution in [-0.4, -0.2) is 31.2 Å². The lowest BCUT2D eigenvalue weighted by Gasteiger charge is -2.34. The van der Waals surface area contributed by atoms with Gasteiger partial charge in [-0.05, 0) is 62.6 Å². The third-order valence-electron chi connectivity index (χ3n) is 5.08. The van der Waals surface area contributed by atoms with Crippen molar-refractivity contribution in [2.45, 2.75) is 50.5 Å². The molecule has 1 aliphatic heterocycles. The van der Waals surface area contributed by atoms with Crippen molar-refractivity contribution in [3.8, 4) is 0 Å². The fraction of sp³-hybridized carbons (Fsp3) is 0.381. The lowest BCUT2D eigenvalue weighted by atomic mass is 10.0. The number of carbonyl (C=O) groups is 1. The molecule has 1 aliphatic rings. The Labute approximate surface area is 161 Å². The van der Waals surface area contributed by atoms with Crippen molar-refractivity contribution in [2.24, 2.45) is 0 Å². The number of amides is 1. The van der Waals surface area contributed by atoms with Gasteiger partial charge in [0.2, 0.25) is 10.0 Å². The second-order valence-corrected chi connectivity index (χ2v) is 8.91. The molecule has 1 fully saturated rings. The Bertz CT molecular complexity index is 890. The third-order valence-corrected chi connectivity index (χ3v) is 7.04. The Morgan fingerprint density at radius 3 is 2.37 bits per heavy atom. The summed E-state index contributed by atoms with van der Waals surface area (Å²) in [6, 6.07) is 13.8. The number of nitrogens with zero attached hydrogens (tertiary/aromatic N) is 1. The van der Waals surface area contributed by atoms with E-state index in [1.807, 2.05) is 38.1 Å². The summed E-state index contributed by atoms with van der Waals surface area (Å²) in [5, 5.41) is 2.82. The molecule has 1 saturated heterocycles. The monoisotopic (exact) mass is 386 g/mol. The number of carbonyl (C=O) groups excluding carboxylic acids is 1. The van der Waals surface area contributed by atoms with Crippen molar-refractivity contribution < 1.29 is 13.2 Å². The Kier molecular flexibility index (Phi) is 5.97. The molecule has 1 atom stereocenters. The molecule has 1 heterocycles. The van der Waals surface area contributed by atoms with Gasteiger partial charge in [0.1, 0.15) is 0 Å². The van der Waals surface area contributed by atoms with Crippen molar-refractivity contribution in [2.75, 3.05) is 11.9 Å². The summed E-state index contributed by atoms with van der Waals surface area (Å²) in [5.74, 6) is -0.257. The topological polar surface area (TPSA) is 66.5 Å². The van der Waals surface area contributed by atoms with E-state index in [2.05, 4.69) is 5.32 Å². The van der Waals surface area contributed by atoms with Crippen LogP contribution in [0.4, 0.5) is 5.69 Å². The normalized spacial score (nSPS) is 18.2. The van der Waals surface area contributed by atoms with Crippen LogP contribution in [0.25, 0.3) is 0 Å². The molecule has 2 aromatic rings. The van der Waals surface area contributed by atoms with Gasteiger partial charge in [0.05, 0.1) is 4.90 Å². The van der Waals surface area contributed by atoms with E-state index in [0.717, 1.165) is 31.2 Å². The molecule has 6 heteroatoms. The first-order chi connectivity index (χ1) is 12.9. The molecule has 1 amide bonds. The summed E-state index contributed by atoms with van der Waals surface area (Å²) in [6.07, 6.45) is 3.69. The highest BCUT2D eigenvalue weighted by atomic mass is 32.2. The van der Waals surface area contributed by atoms with E-state index >= 15 is 0 Å². The molecule has 0 bridgehead atoms. The number of hydrogen-bond donors (Lipinski definition) is 1. The molecular weight excluding hydrogens is 360 g/mol. The minimum absolute atomic E-state index is 0.0632. The van der Waals surface area contributed by atoms with Gasteiger partial charge in [-0.15, -0.1) is 0 Å². The molecule has 0 aromatic heterocycles. The predicted molar refractivity (Wildman–Crippen MR) is 107 cm³/mol. The van der Waals surface area contributed by atoms with Crippen LogP contribution in [0.2, 0.25) is 0 Å². The van der Waals surface area contributed by atoms with Gasteiger partial charge in [0.25, 0.3) is 5.91 Å². The van der Waals surface area contributed by atoms with Crippen LogP contribution in [0, 0.1) is 6.92 Å². The molecule has 0 radical (unpaired) electrons. The molecule has 0 aliphatic carbocycles. The number of piperidine rings is 1. The van der Waals surface area contributed by atoms with Crippen LogP contribution in [0.3, 0.4) is 0 Å². The minimum Gasteiger partial charge on any atom is -0.322 e. The summed E-state index contributed by atoms with van der Waals surface area (Å²) in [5.41, 5.74) is 2.26. The lowest BCUT2D eigenvalue weighted by Crippen LogP contribution is -2.43. The first-order valence-electron chi connectivity index (χ1n) is 9.41. The van der Waals surface area contributed by atoms with Gasteiger partial charge >= 0.3 is 0 Å². The van der Waals surface area contributed by atoms with Crippen molar-refractivity contribution in [3.63, 3.8) is 0 Å². The van der Waals surface area contributed by atoms with Crippen LogP contribution in [0.1, 0.15) is 48.5 Å². The first-order valence-corrected chi connectivity index (χ1v) is 10.9. The summed E-state index contributed by atoms with van der Waals surface area (Å²) >= 11 is 0. The van der Waals surface area contributed by atoms with E-state index in [0.29, 0.717) is 17.8 Å². The van der Waals surface area contributed by atoms with Gasteiger partial charge in [0, 0.05) is 23.8 Å². The van der Waals surface area contributed by atoms with Crippen molar-refractivity contribution in [1.29, 1.82) is 0 Å². The Morgan fingerprint density at radius 2 is 1.74 bits per heavy atom. The summed E-state index contributed by atoms with van der Waals surface area (Å²) in [6.45, 7) is 4.57. The van der Waals surface area contributed by atoms with Gasteiger partial charge in [-0.3, -0.25) is 4.79 Å². The Hall–Kier alpha value is -2.18. The number of rotatable bonds is 5. The highest BCUT2D eigenvalue weighted by Gasteiger charge is 2.32. The Balaban J connectivity index is 1.75. The Morgan fingerprint density at radius 1 is 1.07 bits per heavy atom. The summed E-state index contributed by atoms with van der Waals surface area (Å²) in [4.78, 5) is 12.6. The summed E-state index contributed by atoms with van der Waals surface area (Å²) < 4.78 is 27.6. The van der Waals surface area contributed by atoms with E-state index in [9.17, 15) is 13.2 Å². The van der Waals surface area contributed by atoms with Crippen molar-refractivity contribution in [3.05, 3.63) is 59.7 Å². The van der Waals surface area contributed by atoms with Crippen LogP contribution in [-0.2, 0) is 10.0 Å². The molecule has 1 N–H and O–H groups in total. The third kappa shape index (κ3) is 4.39. The van der Waals surface area contributed by atoms with Gasteiger partial charge in [-0.1, -0.05) is 31.0 Å². The molecule has 144 valence electrons. The molecule has 2 aromatic carbocycles. The van der Waals surface area contributed by atoms with Crippen LogP contribution < -0.4 is 5.32 Å². The van der Waals surface area contributed by atoms with Crippen molar-refractivity contribution in [1.82, 2.24) is 4.31 Å². The molecule has 27 heavy (non-hydrogen) atoms. The largest absolute Gasteiger partial charge is 0.322 e. The fourth-order valence-corrected chi connectivity index (χ4v) is 5.22. The predicted octanol–water partition coefficient (Wildman–Crippen LogP) is 4.20. The zero-order chi connectivity index (χ0) is 19.4. The maximum Gasteiger partial charge on any atom is 0.255 e. The van der Waals surface area contributed by atoms with E-state index in [4.69, 9.17) is 0 Å². The minimum atomic E-state index is -3.53. The van der Waals surface area contributed by atoms with E-state index in [-0.39, 0.29) is 16.8 Å². The number of anilines is 1. The van der Waals surface area contributed by atoms with Gasteiger partial charge in [-0.2, -0.15) is 4.31 Å². The van der Waals surface area contributed by atoms with Gasteiger partial charge < -0.3 is 5.32 Å². The van der Waals surface area contributed by atoms with E-state index in [1.165, 1.54) is 12.1 Å². The number of sulfonamides is 1. The highest BCUT2D eigenvalue weighted by Crippen LogP contribution is 2.27. The van der Waals surface area contributed by atoms with Gasteiger partial charge in [-0.25, -0.2) is 8.42 Å². The van der Waals surface area contributed by atoms with Crippen molar-refractivity contribution >= 4 is 21.6 Å². The molecule has 0 saturated carbocycles. The molecule has 3 rings (SSSR count). The molecule has 5 nitrogen and oxygen atoms in total. The smallest absolute Gasteiger partial charge is 0.255 e. The average molecular weight is 387 g/mol. The number of benzene rings is 2. The number of hydrogen-bond acceptors (Lipinski definition) is 3. The zero-order valence-corrected chi connectivity index (χ0v) is 16.6. The molecule has 1 unspecified atom stereocenters. The van der Waals surface area contributed by atoms with Crippen LogP contribution in [0.15, 0.2) is 53.4 Å². The SMILES string of the molecule is CCC1CCCCN1S(=O)(=O)c1ccc(C(=O)Nc2ccc(C)cc2)cc1. The van der Waals surface area contributed by atoms with Crippen LogP contribution >= 0.6 is 0 Å². The van der Waals surface area contributed by atoms with E-state index in [1.54, 1.807) is 16.4 Å². The first kappa shape index (κ1) is 19.6. The van der Waals surface area contributed by atoms with Crippen LogP contribution in [0.5, 0.6) is 0 Å². The fourth-order valence-electron chi connectivity index (χ4n) is 3.45. The van der Waals surface area contributed by atoms with E-state index < -0.39 is 10.0 Å². The molecular formula is C21H26N2O3S. The number of aryl methyl sites for hydroxylation is 1. The second kappa shape index (κ2) is 8.23. The highest BCUT2D eigenvalue weighted by molar-refractivity contribution is 7.89. The quantitative estimate of drug-likeness (QED) is 0.837. The maximum absolute atomic E-state index is 13.0. The second-order valence-electron chi connectivity index (χ2n) is 7.02. The number of nitrogens with one attached hydrogen (secondary N) is 1. The van der Waals surface area contributed by atoms with Gasteiger partial charge in [0.15, 0.2) is 0 Å². The lowest BCUT2D eigenvalue weighted by molar-refractivity contribution is 0.102. The average Bonchev–Trinajstić information content (AvgIpc) is 2.69. The zero-order valence-electron chi connectivity index (χ0n) is 15.8. The summed E-state index contributed by atoms with van der Waals surface area (Å²) in [7, 11) is -3.53. The maximum atomic E-state index is 13.0.